The molecule has 6 atom stereocenters. The third-order valence-electron chi connectivity index (χ3n) is 4.28. The summed E-state index contributed by atoms with van der Waals surface area (Å²) in [6.07, 6.45) is -5.44. The fraction of sp³-hybridized carbons (Fsp3) is 0.571. The van der Waals surface area contributed by atoms with Crippen molar-refractivity contribution in [2.24, 2.45) is 10.2 Å². The number of nitrogens with zero attached hydrogens (tertiary/aromatic N) is 6. The molecular formula is C14H13F3N6O6S. The van der Waals surface area contributed by atoms with E-state index in [1.807, 2.05) is 0 Å². The number of hydrogen-bond donors (Lipinski definition) is 0. The van der Waals surface area contributed by atoms with Crippen molar-refractivity contribution >= 4 is 10.1 Å². The van der Waals surface area contributed by atoms with Crippen LogP contribution in [-0.4, -0.2) is 51.1 Å². The van der Waals surface area contributed by atoms with Gasteiger partial charge < -0.3 is 14.2 Å². The second kappa shape index (κ2) is 8.65. The molecule has 1 aromatic carbocycles. The lowest BCUT2D eigenvalue weighted by Gasteiger charge is -2.46. The van der Waals surface area contributed by atoms with Gasteiger partial charge in [0.05, 0.1) is 18.8 Å². The molecule has 30 heavy (non-hydrogen) atoms. The van der Waals surface area contributed by atoms with Crippen molar-refractivity contribution in [1.29, 1.82) is 0 Å². The average molecular weight is 450 g/mol. The van der Waals surface area contributed by atoms with Gasteiger partial charge in [0.2, 0.25) is 0 Å². The highest BCUT2D eigenvalue weighted by atomic mass is 32.2. The summed E-state index contributed by atoms with van der Waals surface area (Å²) in [5.41, 5.74) is 12.5. The van der Waals surface area contributed by atoms with Crippen LogP contribution in [0.4, 0.5) is 13.2 Å². The Bertz CT molecular complexity index is 966. The molecule has 2 aliphatic rings. The van der Waals surface area contributed by atoms with Gasteiger partial charge in [0.25, 0.3) is 0 Å². The minimum Gasteiger partial charge on any atom is -0.346 e. The second-order valence-electron chi connectivity index (χ2n) is 6.11. The molecule has 0 unspecified atom stereocenters. The number of fused-ring (bicyclic) bond motifs is 1. The predicted octanol–water partition coefficient (Wildman–Crippen LogP) is 3.05. The average Bonchev–Trinajstić information content (AvgIpc) is 2.70. The molecule has 0 saturated carbocycles. The monoisotopic (exact) mass is 450 g/mol. The molecule has 0 radical (unpaired) electrons. The summed E-state index contributed by atoms with van der Waals surface area (Å²) >= 11 is 0. The van der Waals surface area contributed by atoms with Crippen LogP contribution in [0.2, 0.25) is 0 Å². The maximum atomic E-state index is 12.7. The summed E-state index contributed by atoms with van der Waals surface area (Å²) in [6, 6.07) is 5.35. The largest absolute Gasteiger partial charge is 0.523 e. The summed E-state index contributed by atoms with van der Waals surface area (Å²) in [5.74, 6) is 0. The quantitative estimate of drug-likeness (QED) is 0.219. The lowest BCUT2D eigenvalue weighted by molar-refractivity contribution is -0.313. The summed E-state index contributed by atoms with van der Waals surface area (Å²) in [4.78, 5) is 5.07. The first kappa shape index (κ1) is 22.1. The van der Waals surface area contributed by atoms with Crippen molar-refractivity contribution < 1.29 is 40.0 Å². The first-order valence-corrected chi connectivity index (χ1v) is 9.64. The maximum Gasteiger partial charge on any atom is 0.523 e. The van der Waals surface area contributed by atoms with Crippen molar-refractivity contribution in [1.82, 2.24) is 0 Å². The Morgan fingerprint density at radius 3 is 2.30 bits per heavy atom. The van der Waals surface area contributed by atoms with Gasteiger partial charge in [-0.25, -0.2) is 4.18 Å². The van der Waals surface area contributed by atoms with Crippen molar-refractivity contribution in [2.75, 3.05) is 6.61 Å². The highest BCUT2D eigenvalue weighted by Gasteiger charge is 2.55. The van der Waals surface area contributed by atoms with E-state index >= 15 is 0 Å². The molecule has 2 fully saturated rings. The molecule has 1 aromatic rings. The van der Waals surface area contributed by atoms with Gasteiger partial charge in [0, 0.05) is 15.4 Å². The van der Waals surface area contributed by atoms with Gasteiger partial charge in [0.15, 0.2) is 12.6 Å². The van der Waals surface area contributed by atoms with E-state index in [1.165, 1.54) is 0 Å². The van der Waals surface area contributed by atoms with Gasteiger partial charge in [-0.1, -0.05) is 40.6 Å². The Morgan fingerprint density at radius 2 is 1.70 bits per heavy atom. The van der Waals surface area contributed by atoms with Gasteiger partial charge in [-0.2, -0.15) is 21.6 Å². The van der Waals surface area contributed by atoms with E-state index < -0.39 is 52.5 Å². The molecule has 2 aliphatic heterocycles. The van der Waals surface area contributed by atoms with E-state index in [0.29, 0.717) is 5.56 Å². The van der Waals surface area contributed by atoms with Crippen LogP contribution in [0.25, 0.3) is 20.9 Å². The summed E-state index contributed by atoms with van der Waals surface area (Å²) in [6.45, 7) is -0.253. The van der Waals surface area contributed by atoms with E-state index in [2.05, 4.69) is 24.2 Å². The molecular weight excluding hydrogens is 437 g/mol. The Kier molecular flexibility index (Phi) is 6.38. The highest BCUT2D eigenvalue weighted by molar-refractivity contribution is 7.87. The second-order valence-corrected chi connectivity index (χ2v) is 7.67. The number of halogens is 3. The van der Waals surface area contributed by atoms with Gasteiger partial charge in [0.1, 0.15) is 12.1 Å². The zero-order valence-electron chi connectivity index (χ0n) is 14.7. The molecule has 162 valence electrons. The lowest BCUT2D eigenvalue weighted by Crippen LogP contribution is -2.61. The number of ether oxygens (including phenoxy) is 3. The van der Waals surface area contributed by atoms with Crippen LogP contribution in [0, 0.1) is 0 Å². The molecule has 0 amide bonds. The number of alkyl halides is 3. The smallest absolute Gasteiger partial charge is 0.346 e. The van der Waals surface area contributed by atoms with Crippen molar-refractivity contribution in [3.63, 3.8) is 0 Å². The van der Waals surface area contributed by atoms with Crippen LogP contribution in [0.5, 0.6) is 0 Å². The standard InChI is InChI=1S/C14H13F3N6O6S/c15-14(16,17)30(24,25)29-13-10(21-23-19)9(20-22-18)11-8(27-13)6-26-12(28-11)7-4-2-1-3-5-7/h1-5,8-13H,6H2/t8-,9-,10+,11-,12-,13-/m1/s1. The third-order valence-corrected chi connectivity index (χ3v) is 5.29. The lowest BCUT2D eigenvalue weighted by atomic mass is 9.94. The Morgan fingerprint density at radius 1 is 1.07 bits per heavy atom. The molecule has 0 aromatic heterocycles. The molecule has 0 N–H and O–H groups in total. The van der Waals surface area contributed by atoms with Crippen LogP contribution in [0.3, 0.4) is 0 Å². The molecule has 12 nitrogen and oxygen atoms in total. The predicted molar refractivity (Wildman–Crippen MR) is 90.6 cm³/mol. The molecule has 0 aliphatic carbocycles. The third kappa shape index (κ3) is 4.44. The molecule has 0 spiro atoms. The maximum absolute atomic E-state index is 12.7. The Balaban J connectivity index is 1.92. The van der Waals surface area contributed by atoms with Crippen molar-refractivity contribution in [2.45, 2.75) is 42.4 Å². The van der Waals surface area contributed by atoms with Crippen molar-refractivity contribution in [3.8, 4) is 0 Å². The van der Waals surface area contributed by atoms with E-state index in [-0.39, 0.29) is 6.61 Å². The SMILES string of the molecule is [N-]=[N+]=N[C@@H]1[C@@H](OS(=O)(=O)C(F)(F)F)O[C@@H]2CO[C@@H](c3ccccc3)O[C@H]2[C@@H]1N=[N+]=[N-]. The Hall–Kier alpha value is -2.58. The zero-order chi connectivity index (χ0) is 21.9. The fourth-order valence-corrected chi connectivity index (χ4v) is 3.51. The minimum absolute atomic E-state index is 0.253. The van der Waals surface area contributed by atoms with Crippen LogP contribution in [-0.2, 0) is 28.5 Å². The zero-order valence-corrected chi connectivity index (χ0v) is 15.5. The number of benzene rings is 1. The van der Waals surface area contributed by atoms with Gasteiger partial charge in [-0.15, -0.1) is 0 Å². The van der Waals surface area contributed by atoms with Crippen LogP contribution < -0.4 is 0 Å². The van der Waals surface area contributed by atoms with E-state index in [9.17, 15) is 21.6 Å². The normalized spacial score (nSPS) is 31.7. The minimum atomic E-state index is -6.10. The fourth-order valence-electron chi connectivity index (χ4n) is 2.99. The molecule has 16 heteroatoms. The van der Waals surface area contributed by atoms with E-state index in [0.717, 1.165) is 0 Å². The first-order chi connectivity index (χ1) is 14.2. The van der Waals surface area contributed by atoms with Gasteiger partial charge in [-0.3, -0.25) is 0 Å². The highest BCUT2D eigenvalue weighted by Crippen LogP contribution is 2.38. The topological polar surface area (TPSA) is 169 Å². The Labute approximate surface area is 166 Å². The molecule has 3 rings (SSSR count). The summed E-state index contributed by atoms with van der Waals surface area (Å²) in [5, 5.41) is 6.67. The number of azide groups is 2. The molecule has 0 bridgehead atoms. The van der Waals surface area contributed by atoms with Crippen LogP contribution in [0.1, 0.15) is 11.9 Å². The summed E-state index contributed by atoms with van der Waals surface area (Å²) in [7, 11) is -6.10. The molecule has 2 heterocycles. The van der Waals surface area contributed by atoms with Gasteiger partial charge >= 0.3 is 15.6 Å². The van der Waals surface area contributed by atoms with Crippen LogP contribution in [0.15, 0.2) is 40.6 Å². The first-order valence-electron chi connectivity index (χ1n) is 8.23. The van der Waals surface area contributed by atoms with E-state index in [4.69, 9.17) is 25.3 Å². The number of hydrogen-bond acceptors (Lipinski definition) is 8. The number of rotatable bonds is 5. The van der Waals surface area contributed by atoms with Gasteiger partial charge in [-0.05, 0) is 11.1 Å². The van der Waals surface area contributed by atoms with Crippen molar-refractivity contribution in [3.05, 3.63) is 56.8 Å². The van der Waals surface area contributed by atoms with E-state index in [1.54, 1.807) is 30.3 Å². The summed E-state index contributed by atoms with van der Waals surface area (Å²) < 4.78 is 81.5. The molecule has 2 saturated heterocycles. The van der Waals surface area contributed by atoms with Crippen LogP contribution >= 0.6 is 0 Å².